The zero-order valence-electron chi connectivity index (χ0n) is 9.42. The van der Waals surface area contributed by atoms with Crippen molar-refractivity contribution in [2.24, 2.45) is 0 Å². The van der Waals surface area contributed by atoms with Crippen LogP contribution in [0, 0.1) is 0 Å². The number of fused-ring (bicyclic) bond motifs is 1. The van der Waals surface area contributed by atoms with Crippen molar-refractivity contribution in [2.75, 3.05) is 7.05 Å². The normalized spacial score (nSPS) is 23.1. The summed E-state index contributed by atoms with van der Waals surface area (Å²) in [5, 5.41) is 1.43. The Bertz CT molecular complexity index is 459. The molecule has 0 N–H and O–H groups in total. The summed E-state index contributed by atoms with van der Waals surface area (Å²) >= 11 is 1.96. The Morgan fingerprint density at radius 1 is 1.40 bits per heavy atom. The minimum atomic E-state index is 1.14. The highest BCUT2D eigenvalue weighted by molar-refractivity contribution is 8.07. The second-order valence-corrected chi connectivity index (χ2v) is 5.53. The van der Waals surface area contributed by atoms with Crippen LogP contribution in [-0.4, -0.2) is 11.9 Å². The van der Waals surface area contributed by atoms with Crippen LogP contribution in [0.15, 0.2) is 44.5 Å². The molecule has 0 aromatic carbocycles. The van der Waals surface area contributed by atoms with Gasteiger partial charge in [0.1, 0.15) is 0 Å². The highest BCUT2D eigenvalue weighted by atomic mass is 32.2. The van der Waals surface area contributed by atoms with Gasteiger partial charge in [-0.2, -0.15) is 0 Å². The van der Waals surface area contributed by atoms with E-state index in [1.165, 1.54) is 21.2 Å². The van der Waals surface area contributed by atoms with E-state index < -0.39 is 0 Å². The number of rotatable bonds is 0. The van der Waals surface area contributed by atoms with E-state index in [9.17, 15) is 0 Å². The molecule has 1 aliphatic heterocycles. The third-order valence-electron chi connectivity index (χ3n) is 3.26. The Morgan fingerprint density at radius 3 is 2.93 bits per heavy atom. The number of allylic oxidation sites excluding steroid dienone is 5. The van der Waals surface area contributed by atoms with Crippen molar-refractivity contribution in [3.8, 4) is 0 Å². The third-order valence-corrected chi connectivity index (χ3v) is 4.82. The summed E-state index contributed by atoms with van der Waals surface area (Å²) in [5.41, 5.74) is 6.07. The first kappa shape index (κ1) is 9.34. The molecular weight excluding hydrogens is 202 g/mol. The van der Waals surface area contributed by atoms with E-state index in [-0.39, 0.29) is 0 Å². The molecular formula is C13H15NS. The maximum absolute atomic E-state index is 2.38. The van der Waals surface area contributed by atoms with Crippen molar-refractivity contribution in [1.82, 2.24) is 4.90 Å². The number of hydrogen-bond donors (Lipinski definition) is 0. The summed E-state index contributed by atoms with van der Waals surface area (Å²) in [6, 6.07) is 0. The Kier molecular flexibility index (Phi) is 1.90. The van der Waals surface area contributed by atoms with Crippen molar-refractivity contribution in [2.45, 2.75) is 26.7 Å². The molecule has 0 spiro atoms. The molecule has 3 rings (SSSR count). The van der Waals surface area contributed by atoms with Gasteiger partial charge in [-0.05, 0) is 37.0 Å². The van der Waals surface area contributed by atoms with Gasteiger partial charge in [-0.15, -0.1) is 0 Å². The van der Waals surface area contributed by atoms with E-state index in [2.05, 4.69) is 37.9 Å². The lowest BCUT2D eigenvalue weighted by Gasteiger charge is -2.18. The maximum Gasteiger partial charge on any atom is 0.0782 e. The van der Waals surface area contributed by atoms with Crippen LogP contribution in [-0.2, 0) is 0 Å². The van der Waals surface area contributed by atoms with Gasteiger partial charge in [-0.1, -0.05) is 23.9 Å². The van der Waals surface area contributed by atoms with E-state index in [0.717, 1.165) is 12.8 Å². The van der Waals surface area contributed by atoms with Crippen LogP contribution in [0.25, 0.3) is 0 Å². The van der Waals surface area contributed by atoms with E-state index >= 15 is 0 Å². The standard InChI is InChI=1S/C13H15NS/c1-8(2)13-14(3)11-7-9-5-4-6-10(9)12(11)15-13/h4-5H,6-7H2,1-3H3. The van der Waals surface area contributed by atoms with Crippen LogP contribution in [0.2, 0.25) is 0 Å². The molecule has 78 valence electrons. The zero-order valence-corrected chi connectivity index (χ0v) is 10.2. The van der Waals surface area contributed by atoms with E-state index in [1.54, 1.807) is 11.1 Å². The molecule has 0 saturated carbocycles. The molecule has 2 aliphatic carbocycles. The predicted octanol–water partition coefficient (Wildman–Crippen LogP) is 3.79. The van der Waals surface area contributed by atoms with Crippen LogP contribution in [0.5, 0.6) is 0 Å². The van der Waals surface area contributed by atoms with Gasteiger partial charge in [-0.3, -0.25) is 0 Å². The smallest absolute Gasteiger partial charge is 0.0782 e. The fraction of sp³-hybridized carbons (Fsp3) is 0.385. The first-order chi connectivity index (χ1) is 7.18. The number of thioether (sulfide) groups is 1. The quantitative estimate of drug-likeness (QED) is 0.607. The molecule has 2 heteroatoms. The van der Waals surface area contributed by atoms with Crippen molar-refractivity contribution < 1.29 is 0 Å². The van der Waals surface area contributed by atoms with Gasteiger partial charge in [0.2, 0.25) is 0 Å². The van der Waals surface area contributed by atoms with Gasteiger partial charge >= 0.3 is 0 Å². The van der Waals surface area contributed by atoms with Crippen molar-refractivity contribution in [3.63, 3.8) is 0 Å². The topological polar surface area (TPSA) is 3.24 Å². The molecule has 0 aromatic heterocycles. The molecule has 3 aliphatic rings. The lowest BCUT2D eigenvalue weighted by atomic mass is 10.2. The van der Waals surface area contributed by atoms with Crippen molar-refractivity contribution >= 4 is 11.8 Å². The molecule has 0 radical (unpaired) electrons. The molecule has 0 bridgehead atoms. The first-order valence-corrected chi connectivity index (χ1v) is 6.21. The van der Waals surface area contributed by atoms with Crippen LogP contribution in [0.1, 0.15) is 26.7 Å². The highest BCUT2D eigenvalue weighted by Gasteiger charge is 2.34. The Morgan fingerprint density at radius 2 is 2.20 bits per heavy atom. The molecule has 0 aromatic rings. The second-order valence-electron chi connectivity index (χ2n) is 4.53. The summed E-state index contributed by atoms with van der Waals surface area (Å²) in [6.07, 6.45) is 6.87. The van der Waals surface area contributed by atoms with Gasteiger partial charge in [0.15, 0.2) is 0 Å². The first-order valence-electron chi connectivity index (χ1n) is 5.39. The third kappa shape index (κ3) is 1.18. The SMILES string of the molecule is CC(C)=C1SC2=C(CC3=C2CC=C3)N1C. The fourth-order valence-corrected chi connectivity index (χ4v) is 3.82. The van der Waals surface area contributed by atoms with Gasteiger partial charge < -0.3 is 4.90 Å². The molecule has 1 nitrogen and oxygen atoms in total. The molecule has 0 unspecified atom stereocenters. The van der Waals surface area contributed by atoms with Gasteiger partial charge in [0.25, 0.3) is 0 Å². The van der Waals surface area contributed by atoms with E-state index in [0.29, 0.717) is 0 Å². The van der Waals surface area contributed by atoms with Crippen LogP contribution >= 0.6 is 11.8 Å². The van der Waals surface area contributed by atoms with Crippen molar-refractivity contribution in [3.05, 3.63) is 44.5 Å². The molecule has 1 heterocycles. The Balaban J connectivity index is 2.00. The Hall–Kier alpha value is -0.890. The number of hydrogen-bond acceptors (Lipinski definition) is 2. The minimum absolute atomic E-state index is 1.14. The second kappa shape index (κ2) is 3.05. The fourth-order valence-electron chi connectivity index (χ4n) is 2.51. The minimum Gasteiger partial charge on any atom is -0.341 e. The monoisotopic (exact) mass is 217 g/mol. The lowest BCUT2D eigenvalue weighted by Crippen LogP contribution is -2.11. The zero-order chi connectivity index (χ0) is 10.6. The summed E-state index contributed by atoms with van der Waals surface area (Å²) in [6.45, 7) is 4.40. The maximum atomic E-state index is 2.38. The summed E-state index contributed by atoms with van der Waals surface area (Å²) < 4.78 is 0. The summed E-state index contributed by atoms with van der Waals surface area (Å²) in [7, 11) is 2.20. The average Bonchev–Trinajstić information content (AvgIpc) is 2.77. The molecule has 15 heavy (non-hydrogen) atoms. The summed E-state index contributed by atoms with van der Waals surface area (Å²) in [4.78, 5) is 3.91. The van der Waals surface area contributed by atoms with E-state index in [1.807, 2.05) is 11.8 Å². The molecule has 0 amide bonds. The van der Waals surface area contributed by atoms with E-state index in [4.69, 9.17) is 0 Å². The van der Waals surface area contributed by atoms with Crippen LogP contribution in [0.4, 0.5) is 0 Å². The summed E-state index contributed by atoms with van der Waals surface area (Å²) in [5.74, 6) is 0. The predicted molar refractivity (Wildman–Crippen MR) is 66.2 cm³/mol. The Labute approximate surface area is 95.2 Å². The highest BCUT2D eigenvalue weighted by Crippen LogP contribution is 2.54. The molecule has 0 atom stereocenters. The molecule has 0 saturated heterocycles. The number of nitrogens with zero attached hydrogens (tertiary/aromatic N) is 1. The molecule has 0 fully saturated rings. The van der Waals surface area contributed by atoms with Crippen LogP contribution in [0.3, 0.4) is 0 Å². The van der Waals surface area contributed by atoms with Gasteiger partial charge in [-0.25, -0.2) is 0 Å². The average molecular weight is 217 g/mol. The lowest BCUT2D eigenvalue weighted by molar-refractivity contribution is 0.545. The van der Waals surface area contributed by atoms with Gasteiger partial charge in [0.05, 0.1) is 5.03 Å². The van der Waals surface area contributed by atoms with Gasteiger partial charge in [0, 0.05) is 24.1 Å². The van der Waals surface area contributed by atoms with Crippen LogP contribution < -0.4 is 0 Å². The largest absolute Gasteiger partial charge is 0.341 e. The van der Waals surface area contributed by atoms with Crippen molar-refractivity contribution in [1.29, 1.82) is 0 Å².